The zero-order valence-electron chi connectivity index (χ0n) is 12.2. The van der Waals surface area contributed by atoms with Crippen LogP contribution in [0.25, 0.3) is 0 Å². The number of rotatable bonds is 2. The van der Waals surface area contributed by atoms with Crippen LogP contribution in [-0.4, -0.2) is 24.2 Å². The Bertz CT molecular complexity index is 652. The first kappa shape index (κ1) is 12.8. The third-order valence-corrected chi connectivity index (χ3v) is 4.89. The summed E-state index contributed by atoms with van der Waals surface area (Å²) in [4.78, 5) is 7.21. The van der Waals surface area contributed by atoms with Crippen molar-refractivity contribution in [1.82, 2.24) is 4.90 Å². The van der Waals surface area contributed by atoms with Gasteiger partial charge in [0.25, 0.3) is 0 Å². The van der Waals surface area contributed by atoms with Crippen molar-refractivity contribution in [1.29, 1.82) is 0 Å². The van der Waals surface area contributed by atoms with Gasteiger partial charge in [0.1, 0.15) is 0 Å². The van der Waals surface area contributed by atoms with Gasteiger partial charge in [0.2, 0.25) is 0 Å². The van der Waals surface area contributed by atoms with E-state index in [1.54, 1.807) is 0 Å². The van der Waals surface area contributed by atoms with Crippen molar-refractivity contribution in [3.8, 4) is 0 Å². The number of fused-ring (bicyclic) bond motifs is 2. The highest BCUT2D eigenvalue weighted by atomic mass is 15.1. The summed E-state index contributed by atoms with van der Waals surface area (Å²) in [5, 5.41) is 0. The molecule has 0 atom stereocenters. The number of para-hydroxylation sites is 1. The van der Waals surface area contributed by atoms with Gasteiger partial charge >= 0.3 is 0 Å². The SMILES string of the molecule is C1=Nc2ccccc2C12CCN(Cc1ccccc1)CC2. The van der Waals surface area contributed by atoms with E-state index in [0.717, 1.165) is 19.6 Å². The molecule has 2 aliphatic rings. The lowest BCUT2D eigenvalue weighted by atomic mass is 9.74. The van der Waals surface area contributed by atoms with Crippen LogP contribution in [0.5, 0.6) is 0 Å². The Hall–Kier alpha value is -1.93. The number of benzene rings is 2. The lowest BCUT2D eigenvalue weighted by Gasteiger charge is -2.38. The first-order chi connectivity index (χ1) is 10.4. The summed E-state index contributed by atoms with van der Waals surface area (Å²) in [5.74, 6) is 0. The van der Waals surface area contributed by atoms with Gasteiger partial charge in [-0.2, -0.15) is 0 Å². The van der Waals surface area contributed by atoms with E-state index in [9.17, 15) is 0 Å². The maximum absolute atomic E-state index is 4.64. The Balaban J connectivity index is 1.47. The zero-order chi connectivity index (χ0) is 14.1. The van der Waals surface area contributed by atoms with Gasteiger partial charge in [-0.25, -0.2) is 0 Å². The van der Waals surface area contributed by atoms with Gasteiger partial charge in [0.05, 0.1) is 5.69 Å². The molecule has 1 fully saturated rings. The Labute approximate surface area is 126 Å². The molecular formula is C19H20N2. The predicted molar refractivity (Wildman–Crippen MR) is 87.2 cm³/mol. The first-order valence-electron chi connectivity index (χ1n) is 7.77. The predicted octanol–water partition coefficient (Wildman–Crippen LogP) is 3.94. The third kappa shape index (κ3) is 2.30. The Morgan fingerprint density at radius 2 is 1.62 bits per heavy atom. The molecule has 21 heavy (non-hydrogen) atoms. The number of hydrogen-bond donors (Lipinski definition) is 0. The van der Waals surface area contributed by atoms with Crippen LogP contribution in [0.4, 0.5) is 5.69 Å². The van der Waals surface area contributed by atoms with E-state index in [1.165, 1.54) is 29.7 Å². The van der Waals surface area contributed by atoms with Crippen LogP contribution in [-0.2, 0) is 12.0 Å². The molecule has 0 radical (unpaired) electrons. The minimum Gasteiger partial charge on any atom is -0.299 e. The van der Waals surface area contributed by atoms with Crippen molar-refractivity contribution in [2.45, 2.75) is 24.8 Å². The summed E-state index contributed by atoms with van der Waals surface area (Å²) in [6, 6.07) is 19.4. The number of likely N-dealkylation sites (tertiary alicyclic amines) is 1. The summed E-state index contributed by atoms with van der Waals surface area (Å²) in [7, 11) is 0. The second-order valence-electron chi connectivity index (χ2n) is 6.19. The minimum absolute atomic E-state index is 0.198. The van der Waals surface area contributed by atoms with Crippen LogP contribution >= 0.6 is 0 Å². The van der Waals surface area contributed by atoms with Gasteiger partial charge < -0.3 is 0 Å². The van der Waals surface area contributed by atoms with Gasteiger partial charge in [0.15, 0.2) is 0 Å². The molecule has 1 spiro atoms. The van der Waals surface area contributed by atoms with Crippen molar-refractivity contribution >= 4 is 11.9 Å². The lowest BCUT2D eigenvalue weighted by Crippen LogP contribution is -2.42. The van der Waals surface area contributed by atoms with E-state index >= 15 is 0 Å². The zero-order valence-corrected chi connectivity index (χ0v) is 12.2. The van der Waals surface area contributed by atoms with E-state index in [2.05, 4.69) is 70.7 Å². The molecule has 0 aliphatic carbocycles. The van der Waals surface area contributed by atoms with Gasteiger partial charge in [-0.15, -0.1) is 0 Å². The fraction of sp³-hybridized carbons (Fsp3) is 0.316. The molecule has 0 saturated carbocycles. The van der Waals surface area contributed by atoms with Crippen molar-refractivity contribution in [2.24, 2.45) is 4.99 Å². The fourth-order valence-electron chi connectivity index (χ4n) is 3.62. The Morgan fingerprint density at radius 1 is 0.905 bits per heavy atom. The molecule has 4 rings (SSSR count). The van der Waals surface area contributed by atoms with Crippen LogP contribution in [0.2, 0.25) is 0 Å². The molecule has 0 N–H and O–H groups in total. The molecule has 106 valence electrons. The molecule has 2 aliphatic heterocycles. The van der Waals surface area contributed by atoms with E-state index in [4.69, 9.17) is 0 Å². The highest BCUT2D eigenvalue weighted by Crippen LogP contribution is 2.43. The summed E-state index contributed by atoms with van der Waals surface area (Å²) >= 11 is 0. The standard InChI is InChI=1S/C19H20N2/c1-2-6-16(7-3-1)14-21-12-10-19(11-13-21)15-20-18-9-5-4-8-17(18)19/h1-9,15H,10-14H2. The van der Waals surface area contributed by atoms with Crippen LogP contribution in [0, 0.1) is 0 Å². The summed E-state index contributed by atoms with van der Waals surface area (Å²) < 4.78 is 0. The van der Waals surface area contributed by atoms with Gasteiger partial charge in [0, 0.05) is 18.2 Å². The van der Waals surface area contributed by atoms with Gasteiger partial charge in [-0.3, -0.25) is 9.89 Å². The number of aliphatic imine (C=N–C) groups is 1. The monoisotopic (exact) mass is 276 g/mol. The molecule has 1 saturated heterocycles. The number of piperidine rings is 1. The molecule has 0 bridgehead atoms. The van der Waals surface area contributed by atoms with Crippen molar-refractivity contribution < 1.29 is 0 Å². The van der Waals surface area contributed by atoms with E-state index in [0.29, 0.717) is 0 Å². The van der Waals surface area contributed by atoms with Gasteiger partial charge in [-0.1, -0.05) is 48.5 Å². The molecular weight excluding hydrogens is 256 g/mol. The average Bonchev–Trinajstić information content (AvgIpc) is 2.90. The summed E-state index contributed by atoms with van der Waals surface area (Å²) in [5.41, 5.74) is 4.22. The summed E-state index contributed by atoms with van der Waals surface area (Å²) in [6.07, 6.45) is 4.57. The van der Waals surface area contributed by atoms with E-state index in [-0.39, 0.29) is 5.41 Å². The third-order valence-electron chi connectivity index (χ3n) is 4.89. The van der Waals surface area contributed by atoms with Crippen molar-refractivity contribution in [2.75, 3.05) is 13.1 Å². The Morgan fingerprint density at radius 3 is 2.43 bits per heavy atom. The van der Waals surface area contributed by atoms with Gasteiger partial charge in [-0.05, 0) is 43.1 Å². The fourth-order valence-corrected chi connectivity index (χ4v) is 3.62. The maximum Gasteiger partial charge on any atom is 0.0667 e. The van der Waals surface area contributed by atoms with Crippen molar-refractivity contribution in [3.05, 3.63) is 65.7 Å². The molecule has 2 aromatic rings. The minimum atomic E-state index is 0.198. The van der Waals surface area contributed by atoms with Crippen LogP contribution in [0.15, 0.2) is 59.6 Å². The topological polar surface area (TPSA) is 15.6 Å². The van der Waals surface area contributed by atoms with Crippen molar-refractivity contribution in [3.63, 3.8) is 0 Å². The lowest BCUT2D eigenvalue weighted by molar-refractivity contribution is 0.187. The molecule has 2 heteroatoms. The largest absolute Gasteiger partial charge is 0.299 e. The van der Waals surface area contributed by atoms with Crippen LogP contribution in [0.3, 0.4) is 0 Å². The highest BCUT2D eigenvalue weighted by molar-refractivity contribution is 5.85. The molecule has 2 heterocycles. The normalized spacial score (nSPS) is 19.8. The second kappa shape index (κ2) is 5.12. The van der Waals surface area contributed by atoms with E-state index in [1.807, 2.05) is 0 Å². The van der Waals surface area contributed by atoms with Crippen LogP contribution in [0.1, 0.15) is 24.0 Å². The highest BCUT2D eigenvalue weighted by Gasteiger charge is 2.38. The average molecular weight is 276 g/mol. The molecule has 2 aromatic carbocycles. The molecule has 0 amide bonds. The number of nitrogens with zero attached hydrogens (tertiary/aromatic N) is 2. The maximum atomic E-state index is 4.64. The van der Waals surface area contributed by atoms with E-state index < -0.39 is 0 Å². The van der Waals surface area contributed by atoms with Crippen LogP contribution < -0.4 is 0 Å². The second-order valence-corrected chi connectivity index (χ2v) is 6.19. The Kier molecular flexibility index (Phi) is 3.12. The molecule has 2 nitrogen and oxygen atoms in total. The number of hydrogen-bond acceptors (Lipinski definition) is 2. The smallest absolute Gasteiger partial charge is 0.0667 e. The molecule has 0 unspecified atom stereocenters. The quantitative estimate of drug-likeness (QED) is 0.811. The summed E-state index contributed by atoms with van der Waals surface area (Å²) in [6.45, 7) is 3.36. The first-order valence-corrected chi connectivity index (χ1v) is 7.77. The molecule has 0 aromatic heterocycles.